The van der Waals surface area contributed by atoms with Gasteiger partial charge in [-0.1, -0.05) is 30.7 Å². The van der Waals surface area contributed by atoms with Crippen molar-refractivity contribution in [1.82, 2.24) is 5.32 Å². The lowest BCUT2D eigenvalue weighted by Crippen LogP contribution is -2.29. The van der Waals surface area contributed by atoms with Crippen molar-refractivity contribution in [2.75, 3.05) is 6.54 Å². The molecule has 1 rings (SSSR count). The maximum absolute atomic E-state index is 13.7. The van der Waals surface area contributed by atoms with Gasteiger partial charge in [0, 0.05) is 18.2 Å². The molecule has 0 saturated carbocycles. The third kappa shape index (κ3) is 3.44. The Labute approximate surface area is 100 Å². The second kappa shape index (κ2) is 6.18. The van der Waals surface area contributed by atoms with Crippen LogP contribution in [0.4, 0.5) is 4.39 Å². The Morgan fingerprint density at radius 2 is 2.19 bits per heavy atom. The lowest BCUT2D eigenvalue weighted by molar-refractivity contribution is 0.185. The van der Waals surface area contributed by atoms with Crippen molar-refractivity contribution in [3.8, 4) is 0 Å². The van der Waals surface area contributed by atoms with Gasteiger partial charge in [0.25, 0.3) is 0 Å². The lowest BCUT2D eigenvalue weighted by atomic mass is 10.0. The standard InChI is InChI=1S/C12H17ClFNO/c1-3-11(15-7-8(2)16)9-5-4-6-10(13)12(9)14/h4-6,8,11,15-16H,3,7H2,1-2H3/t8-,11?/m0/s1. The normalized spacial score (nSPS) is 14.8. The van der Waals surface area contributed by atoms with Gasteiger partial charge in [0.1, 0.15) is 5.82 Å². The van der Waals surface area contributed by atoms with Crippen LogP contribution in [-0.2, 0) is 0 Å². The predicted molar refractivity (Wildman–Crippen MR) is 64.1 cm³/mol. The van der Waals surface area contributed by atoms with Gasteiger partial charge in [0.05, 0.1) is 11.1 Å². The first-order valence-corrected chi connectivity index (χ1v) is 5.79. The number of nitrogens with one attached hydrogen (secondary N) is 1. The summed E-state index contributed by atoms with van der Waals surface area (Å²) in [6, 6.07) is 4.85. The first kappa shape index (κ1) is 13.4. The van der Waals surface area contributed by atoms with Crippen LogP contribution in [0.1, 0.15) is 31.9 Å². The van der Waals surface area contributed by atoms with Crippen LogP contribution in [0, 0.1) is 5.82 Å². The number of benzene rings is 1. The Balaban J connectivity index is 2.82. The molecule has 1 aromatic carbocycles. The summed E-state index contributed by atoms with van der Waals surface area (Å²) in [5.41, 5.74) is 0.552. The summed E-state index contributed by atoms with van der Waals surface area (Å²) in [5.74, 6) is -0.380. The highest BCUT2D eigenvalue weighted by Crippen LogP contribution is 2.25. The minimum Gasteiger partial charge on any atom is -0.392 e. The molecule has 0 bridgehead atoms. The minimum absolute atomic E-state index is 0.117. The summed E-state index contributed by atoms with van der Waals surface area (Å²) < 4.78 is 13.7. The van der Waals surface area contributed by atoms with Crippen molar-refractivity contribution >= 4 is 11.6 Å². The highest BCUT2D eigenvalue weighted by molar-refractivity contribution is 6.30. The zero-order valence-corrected chi connectivity index (χ0v) is 10.3. The van der Waals surface area contributed by atoms with E-state index in [9.17, 15) is 9.50 Å². The van der Waals surface area contributed by atoms with Crippen LogP contribution in [0.5, 0.6) is 0 Å². The number of aliphatic hydroxyl groups excluding tert-OH is 1. The van der Waals surface area contributed by atoms with Crippen LogP contribution in [0.2, 0.25) is 5.02 Å². The predicted octanol–water partition coefficient (Wildman–Crippen LogP) is 2.90. The van der Waals surface area contributed by atoms with Crippen molar-refractivity contribution in [2.24, 2.45) is 0 Å². The van der Waals surface area contributed by atoms with Crippen LogP contribution in [-0.4, -0.2) is 17.8 Å². The molecule has 16 heavy (non-hydrogen) atoms. The Kier molecular flexibility index (Phi) is 5.19. The summed E-state index contributed by atoms with van der Waals surface area (Å²) in [5, 5.41) is 12.4. The Morgan fingerprint density at radius 3 is 2.75 bits per heavy atom. The van der Waals surface area contributed by atoms with Gasteiger partial charge in [0.15, 0.2) is 0 Å². The zero-order chi connectivity index (χ0) is 12.1. The van der Waals surface area contributed by atoms with E-state index < -0.39 is 6.10 Å². The van der Waals surface area contributed by atoms with Gasteiger partial charge < -0.3 is 10.4 Å². The maximum atomic E-state index is 13.7. The molecule has 1 aromatic rings. The summed E-state index contributed by atoms with van der Waals surface area (Å²) in [4.78, 5) is 0. The molecule has 0 aliphatic carbocycles. The number of halogens is 2. The molecule has 90 valence electrons. The molecule has 0 spiro atoms. The topological polar surface area (TPSA) is 32.3 Å². The van der Waals surface area contributed by atoms with Crippen LogP contribution in [0.25, 0.3) is 0 Å². The van der Waals surface area contributed by atoms with Crippen molar-refractivity contribution in [1.29, 1.82) is 0 Å². The fraction of sp³-hybridized carbons (Fsp3) is 0.500. The molecule has 0 aliphatic heterocycles. The van der Waals surface area contributed by atoms with Crippen molar-refractivity contribution < 1.29 is 9.50 Å². The van der Waals surface area contributed by atoms with Gasteiger partial charge in [-0.3, -0.25) is 0 Å². The molecule has 0 fully saturated rings. The van der Waals surface area contributed by atoms with Crippen LogP contribution in [0.3, 0.4) is 0 Å². The van der Waals surface area contributed by atoms with Gasteiger partial charge in [0.2, 0.25) is 0 Å². The highest BCUT2D eigenvalue weighted by Gasteiger charge is 2.15. The van der Waals surface area contributed by atoms with Gasteiger partial charge in [-0.05, 0) is 19.4 Å². The van der Waals surface area contributed by atoms with E-state index >= 15 is 0 Å². The second-order valence-electron chi connectivity index (χ2n) is 3.86. The summed E-state index contributed by atoms with van der Waals surface area (Å²) in [7, 11) is 0. The molecular weight excluding hydrogens is 229 g/mol. The number of hydrogen-bond donors (Lipinski definition) is 2. The molecule has 0 heterocycles. The molecule has 0 aromatic heterocycles. The molecule has 2 N–H and O–H groups in total. The smallest absolute Gasteiger partial charge is 0.146 e. The molecule has 0 radical (unpaired) electrons. The number of hydrogen-bond acceptors (Lipinski definition) is 2. The minimum atomic E-state index is -0.448. The van der Waals surface area contributed by atoms with Crippen molar-refractivity contribution in [3.05, 3.63) is 34.6 Å². The van der Waals surface area contributed by atoms with Crippen LogP contribution >= 0.6 is 11.6 Å². The van der Waals surface area contributed by atoms with Crippen LogP contribution < -0.4 is 5.32 Å². The van der Waals surface area contributed by atoms with Crippen molar-refractivity contribution in [3.63, 3.8) is 0 Å². The van der Waals surface area contributed by atoms with Gasteiger partial charge in [-0.2, -0.15) is 0 Å². The summed E-state index contributed by atoms with van der Waals surface area (Å²) in [6.45, 7) is 4.08. The lowest BCUT2D eigenvalue weighted by Gasteiger charge is -2.19. The van der Waals surface area contributed by atoms with Gasteiger partial charge in [-0.25, -0.2) is 4.39 Å². The molecule has 1 unspecified atom stereocenters. The highest BCUT2D eigenvalue weighted by atomic mass is 35.5. The van der Waals surface area contributed by atoms with E-state index in [1.165, 1.54) is 6.07 Å². The molecule has 0 amide bonds. The molecule has 0 saturated heterocycles. The molecular formula is C12H17ClFNO. The van der Waals surface area contributed by atoms with E-state index in [1.807, 2.05) is 6.92 Å². The molecule has 2 nitrogen and oxygen atoms in total. The fourth-order valence-corrected chi connectivity index (χ4v) is 1.76. The summed E-state index contributed by atoms with van der Waals surface area (Å²) >= 11 is 5.73. The first-order chi connectivity index (χ1) is 7.56. The molecule has 4 heteroatoms. The van der Waals surface area contributed by atoms with E-state index in [2.05, 4.69) is 5.32 Å². The maximum Gasteiger partial charge on any atom is 0.146 e. The van der Waals surface area contributed by atoms with Crippen LogP contribution in [0.15, 0.2) is 18.2 Å². The van der Waals surface area contributed by atoms with E-state index in [-0.39, 0.29) is 16.9 Å². The van der Waals surface area contributed by atoms with Gasteiger partial charge >= 0.3 is 0 Å². The van der Waals surface area contributed by atoms with Crippen molar-refractivity contribution in [2.45, 2.75) is 32.4 Å². The number of rotatable bonds is 5. The number of aliphatic hydroxyl groups is 1. The molecule has 0 aliphatic rings. The Bertz CT molecular complexity index is 344. The monoisotopic (exact) mass is 245 g/mol. The van der Waals surface area contributed by atoms with Gasteiger partial charge in [-0.15, -0.1) is 0 Å². The third-order valence-electron chi connectivity index (χ3n) is 2.42. The fourth-order valence-electron chi connectivity index (χ4n) is 1.58. The Morgan fingerprint density at radius 1 is 1.50 bits per heavy atom. The second-order valence-corrected chi connectivity index (χ2v) is 4.27. The molecule has 2 atom stereocenters. The average Bonchev–Trinajstić information content (AvgIpc) is 2.24. The SMILES string of the molecule is CCC(NC[C@H](C)O)c1cccc(Cl)c1F. The van der Waals surface area contributed by atoms with E-state index in [1.54, 1.807) is 19.1 Å². The third-order valence-corrected chi connectivity index (χ3v) is 2.72. The van der Waals surface area contributed by atoms with E-state index in [0.29, 0.717) is 12.1 Å². The Hall–Kier alpha value is -0.640. The van der Waals surface area contributed by atoms with E-state index in [0.717, 1.165) is 6.42 Å². The average molecular weight is 246 g/mol. The zero-order valence-electron chi connectivity index (χ0n) is 9.50. The van der Waals surface area contributed by atoms with E-state index in [4.69, 9.17) is 11.6 Å². The summed E-state index contributed by atoms with van der Waals surface area (Å²) in [6.07, 6.45) is 0.292. The quantitative estimate of drug-likeness (QED) is 0.836. The largest absolute Gasteiger partial charge is 0.392 e. The first-order valence-electron chi connectivity index (χ1n) is 5.41.